The molecule has 0 bridgehead atoms. The summed E-state index contributed by atoms with van der Waals surface area (Å²) in [6.45, 7) is 1.60. The Morgan fingerprint density at radius 2 is 1.75 bits per heavy atom. The molecule has 1 aromatic carbocycles. The third-order valence-electron chi connectivity index (χ3n) is 4.20. The van der Waals surface area contributed by atoms with E-state index in [-0.39, 0.29) is 24.6 Å². The third-order valence-corrected chi connectivity index (χ3v) is 4.20. The molecular weight excluding hydrogens is 272 g/mol. The van der Waals surface area contributed by atoms with Crippen LogP contribution in [0.3, 0.4) is 0 Å². The molecule has 112 valence electrons. The molecule has 0 heterocycles. The summed E-state index contributed by atoms with van der Waals surface area (Å²) in [6, 6.07) is 4.36. The molecule has 1 saturated carbocycles. The number of benzene rings is 1. The van der Waals surface area contributed by atoms with E-state index in [0.717, 1.165) is 0 Å². The molecule has 0 saturated heterocycles. The Morgan fingerprint density at radius 1 is 1.15 bits per heavy atom. The van der Waals surface area contributed by atoms with Crippen LogP contribution in [0.4, 0.5) is 17.6 Å². The zero-order chi connectivity index (χ0) is 14.9. The topological polar surface area (TPSA) is 20.2 Å². The number of halogens is 4. The smallest absolute Gasteiger partial charge is 0.388 e. The van der Waals surface area contributed by atoms with Crippen LogP contribution in [0.5, 0.6) is 0 Å². The van der Waals surface area contributed by atoms with Crippen LogP contribution < -0.4 is 0 Å². The molecule has 1 aliphatic carbocycles. The Bertz CT molecular complexity index is 461. The zero-order valence-electron chi connectivity index (χ0n) is 11.3. The maximum atomic E-state index is 13.2. The van der Waals surface area contributed by atoms with Crippen LogP contribution in [-0.2, 0) is 0 Å². The predicted molar refractivity (Wildman–Crippen MR) is 67.6 cm³/mol. The molecule has 1 unspecified atom stereocenters. The average molecular weight is 290 g/mol. The first-order valence-electron chi connectivity index (χ1n) is 6.80. The van der Waals surface area contributed by atoms with E-state index in [1.807, 2.05) is 0 Å². The minimum absolute atomic E-state index is 0.0609. The van der Waals surface area contributed by atoms with Crippen LogP contribution in [0.1, 0.15) is 42.9 Å². The van der Waals surface area contributed by atoms with Crippen LogP contribution in [-0.4, -0.2) is 11.3 Å². The van der Waals surface area contributed by atoms with Gasteiger partial charge in [0.05, 0.1) is 12.0 Å². The molecule has 0 radical (unpaired) electrons. The Balaban J connectivity index is 2.01. The lowest BCUT2D eigenvalue weighted by Crippen LogP contribution is -2.29. The van der Waals surface area contributed by atoms with Gasteiger partial charge in [-0.1, -0.05) is 12.1 Å². The van der Waals surface area contributed by atoms with E-state index >= 15 is 0 Å². The summed E-state index contributed by atoms with van der Waals surface area (Å²) < 4.78 is 50.9. The molecule has 0 amide bonds. The summed E-state index contributed by atoms with van der Waals surface area (Å²) in [5, 5.41) is 10.2. The van der Waals surface area contributed by atoms with Crippen molar-refractivity contribution in [3.63, 3.8) is 0 Å². The molecule has 2 rings (SSSR count). The largest absolute Gasteiger partial charge is 0.391 e. The Morgan fingerprint density at radius 3 is 2.25 bits per heavy atom. The lowest BCUT2D eigenvalue weighted by Gasteiger charge is -2.32. The summed E-state index contributed by atoms with van der Waals surface area (Å²) in [4.78, 5) is 0. The van der Waals surface area contributed by atoms with Gasteiger partial charge < -0.3 is 5.11 Å². The van der Waals surface area contributed by atoms with E-state index in [0.29, 0.717) is 24.0 Å². The standard InChI is InChI=1S/C15H18F4O/c1-9-8-11(4-7-13(9)16)14(20)10-2-5-12(6-3-10)15(17,18)19/h4,7-8,10,12,14,20H,2-3,5-6H2,1H3. The first-order chi connectivity index (χ1) is 9.29. The molecule has 1 nitrogen and oxygen atoms in total. The average Bonchev–Trinajstić information content (AvgIpc) is 2.40. The fraction of sp³-hybridized carbons (Fsp3) is 0.600. The van der Waals surface area contributed by atoms with Crippen molar-refractivity contribution in [3.8, 4) is 0 Å². The van der Waals surface area contributed by atoms with Crippen molar-refractivity contribution in [2.45, 2.75) is 44.9 Å². The van der Waals surface area contributed by atoms with E-state index in [9.17, 15) is 22.7 Å². The third kappa shape index (κ3) is 3.32. The van der Waals surface area contributed by atoms with Crippen molar-refractivity contribution in [2.75, 3.05) is 0 Å². The van der Waals surface area contributed by atoms with Crippen molar-refractivity contribution in [3.05, 3.63) is 35.1 Å². The second-order valence-corrected chi connectivity index (χ2v) is 5.61. The Hall–Kier alpha value is -1.10. The highest BCUT2D eigenvalue weighted by Crippen LogP contribution is 2.43. The Kier molecular flexibility index (Phi) is 4.37. The highest BCUT2D eigenvalue weighted by Gasteiger charge is 2.42. The van der Waals surface area contributed by atoms with Gasteiger partial charge in [0.1, 0.15) is 5.82 Å². The van der Waals surface area contributed by atoms with E-state index in [1.165, 1.54) is 12.1 Å². The van der Waals surface area contributed by atoms with Gasteiger partial charge in [-0.3, -0.25) is 0 Å². The van der Waals surface area contributed by atoms with Gasteiger partial charge >= 0.3 is 6.18 Å². The second-order valence-electron chi connectivity index (χ2n) is 5.61. The summed E-state index contributed by atoms with van der Waals surface area (Å²) in [6.07, 6.45) is -4.13. The van der Waals surface area contributed by atoms with Gasteiger partial charge in [-0.25, -0.2) is 4.39 Å². The van der Waals surface area contributed by atoms with Crippen molar-refractivity contribution in [1.82, 2.24) is 0 Å². The van der Waals surface area contributed by atoms with Crippen LogP contribution in [0.25, 0.3) is 0 Å². The minimum atomic E-state index is -4.14. The minimum Gasteiger partial charge on any atom is -0.388 e. The number of aliphatic hydroxyl groups is 1. The van der Waals surface area contributed by atoms with Gasteiger partial charge in [-0.2, -0.15) is 13.2 Å². The molecule has 1 fully saturated rings. The molecule has 1 aromatic rings. The summed E-state index contributed by atoms with van der Waals surface area (Å²) in [5.74, 6) is -1.78. The highest BCUT2D eigenvalue weighted by atomic mass is 19.4. The number of aliphatic hydroxyl groups excluding tert-OH is 1. The molecule has 1 aliphatic rings. The fourth-order valence-electron chi connectivity index (χ4n) is 2.89. The lowest BCUT2D eigenvalue weighted by atomic mass is 9.77. The van der Waals surface area contributed by atoms with Gasteiger partial charge in [-0.05, 0) is 55.7 Å². The van der Waals surface area contributed by atoms with E-state index < -0.39 is 18.2 Å². The van der Waals surface area contributed by atoms with Gasteiger partial charge in [0.15, 0.2) is 0 Å². The van der Waals surface area contributed by atoms with E-state index in [4.69, 9.17) is 0 Å². The first-order valence-corrected chi connectivity index (χ1v) is 6.80. The second kappa shape index (κ2) is 5.72. The van der Waals surface area contributed by atoms with Gasteiger partial charge in [0.25, 0.3) is 0 Å². The molecule has 0 spiro atoms. The molecular formula is C15H18F4O. The zero-order valence-corrected chi connectivity index (χ0v) is 11.3. The maximum absolute atomic E-state index is 13.2. The normalized spacial score (nSPS) is 25.5. The number of hydrogen-bond donors (Lipinski definition) is 1. The monoisotopic (exact) mass is 290 g/mol. The molecule has 5 heteroatoms. The molecule has 20 heavy (non-hydrogen) atoms. The number of hydrogen-bond acceptors (Lipinski definition) is 1. The van der Waals surface area contributed by atoms with E-state index in [2.05, 4.69) is 0 Å². The summed E-state index contributed by atoms with van der Waals surface area (Å²) >= 11 is 0. The molecule has 0 aromatic heterocycles. The molecule has 0 aliphatic heterocycles. The highest BCUT2D eigenvalue weighted by molar-refractivity contribution is 5.26. The lowest BCUT2D eigenvalue weighted by molar-refractivity contribution is -0.185. The molecule has 1 atom stereocenters. The summed E-state index contributed by atoms with van der Waals surface area (Å²) in [5.41, 5.74) is 1.02. The van der Waals surface area contributed by atoms with E-state index in [1.54, 1.807) is 13.0 Å². The maximum Gasteiger partial charge on any atom is 0.391 e. The van der Waals surface area contributed by atoms with Crippen molar-refractivity contribution in [1.29, 1.82) is 0 Å². The van der Waals surface area contributed by atoms with Gasteiger partial charge in [-0.15, -0.1) is 0 Å². The van der Waals surface area contributed by atoms with Crippen molar-refractivity contribution < 1.29 is 22.7 Å². The number of aryl methyl sites for hydroxylation is 1. The predicted octanol–water partition coefficient (Wildman–Crippen LogP) is 4.54. The van der Waals surface area contributed by atoms with Crippen molar-refractivity contribution in [2.24, 2.45) is 11.8 Å². The van der Waals surface area contributed by atoms with Crippen molar-refractivity contribution >= 4 is 0 Å². The van der Waals surface area contributed by atoms with Gasteiger partial charge in [0, 0.05) is 0 Å². The summed E-state index contributed by atoms with van der Waals surface area (Å²) in [7, 11) is 0. The SMILES string of the molecule is Cc1cc(C(O)C2CCC(C(F)(F)F)CC2)ccc1F. The first kappa shape index (κ1) is 15.3. The van der Waals surface area contributed by atoms with Crippen LogP contribution in [0.15, 0.2) is 18.2 Å². The quantitative estimate of drug-likeness (QED) is 0.793. The van der Waals surface area contributed by atoms with Gasteiger partial charge in [0.2, 0.25) is 0 Å². The van der Waals surface area contributed by atoms with Crippen LogP contribution in [0.2, 0.25) is 0 Å². The molecule has 1 N–H and O–H groups in total. The number of alkyl halides is 3. The van der Waals surface area contributed by atoms with Crippen LogP contribution >= 0.6 is 0 Å². The number of rotatable bonds is 2. The van der Waals surface area contributed by atoms with Crippen LogP contribution in [0, 0.1) is 24.6 Å². The Labute approximate surface area is 115 Å². The fourth-order valence-corrected chi connectivity index (χ4v) is 2.89.